The second-order valence-corrected chi connectivity index (χ2v) is 4.05. The number of rotatable bonds is 2. The molecule has 1 aromatic heterocycles. The Morgan fingerprint density at radius 1 is 1.33 bits per heavy atom. The largest absolute Gasteiger partial charge is 0.478 e. The molecule has 0 saturated heterocycles. The zero-order valence-corrected chi connectivity index (χ0v) is 9.59. The summed E-state index contributed by atoms with van der Waals surface area (Å²) in [6.45, 7) is -1.32. The van der Waals surface area contributed by atoms with E-state index in [1.807, 2.05) is 0 Å². The van der Waals surface area contributed by atoms with Gasteiger partial charge < -0.3 is 9.67 Å². The first-order valence-corrected chi connectivity index (χ1v) is 5.26. The van der Waals surface area contributed by atoms with Crippen LogP contribution < -0.4 is 0 Å². The molecule has 1 N–H and O–H groups in total. The quantitative estimate of drug-likeness (QED) is 0.912. The summed E-state index contributed by atoms with van der Waals surface area (Å²) in [5.74, 6) is -1.35. The third-order valence-corrected chi connectivity index (χ3v) is 2.85. The van der Waals surface area contributed by atoms with E-state index in [9.17, 15) is 18.0 Å². The number of hydrogen-bond donors (Lipinski definition) is 1. The molecule has 1 heterocycles. The van der Waals surface area contributed by atoms with Crippen LogP contribution in [0.25, 0.3) is 10.9 Å². The Labute approximate surface area is 104 Å². The summed E-state index contributed by atoms with van der Waals surface area (Å²) in [6.07, 6.45) is -4.47. The summed E-state index contributed by atoms with van der Waals surface area (Å²) >= 11 is 5.74. The molecule has 0 bridgehead atoms. The van der Waals surface area contributed by atoms with Crippen molar-refractivity contribution in [2.75, 3.05) is 0 Å². The van der Waals surface area contributed by atoms with Gasteiger partial charge in [-0.25, -0.2) is 4.79 Å². The topological polar surface area (TPSA) is 42.2 Å². The lowest BCUT2D eigenvalue weighted by atomic mass is 10.2. The van der Waals surface area contributed by atoms with Gasteiger partial charge in [0.25, 0.3) is 0 Å². The second-order valence-electron chi connectivity index (χ2n) is 3.69. The van der Waals surface area contributed by atoms with Crippen LogP contribution in [0.15, 0.2) is 24.3 Å². The minimum absolute atomic E-state index is 0.150. The van der Waals surface area contributed by atoms with Crippen LogP contribution >= 0.6 is 11.6 Å². The summed E-state index contributed by atoms with van der Waals surface area (Å²) in [5, 5.41) is 8.77. The lowest BCUT2D eigenvalue weighted by Gasteiger charge is -2.10. The van der Waals surface area contributed by atoms with Crippen LogP contribution in [0.4, 0.5) is 13.2 Å². The molecule has 2 aromatic rings. The molecule has 0 radical (unpaired) electrons. The van der Waals surface area contributed by atoms with Gasteiger partial charge in [-0.05, 0) is 6.07 Å². The molecule has 2 rings (SSSR count). The Morgan fingerprint density at radius 2 is 1.94 bits per heavy atom. The molecule has 0 aliphatic carbocycles. The van der Waals surface area contributed by atoms with Crippen molar-refractivity contribution in [2.45, 2.75) is 12.7 Å². The first kappa shape index (κ1) is 12.8. The standard InChI is InChI=1S/C11H7ClF3NO2/c12-9-8(10(17)18)6-3-1-2-4-7(6)16(9)5-11(13,14)15/h1-4H,5H2,(H,17,18). The van der Waals surface area contributed by atoms with Gasteiger partial charge in [-0.3, -0.25) is 0 Å². The van der Waals surface area contributed by atoms with Gasteiger partial charge >= 0.3 is 12.1 Å². The Kier molecular flexibility index (Phi) is 2.98. The minimum atomic E-state index is -4.47. The van der Waals surface area contributed by atoms with Gasteiger partial charge in [0.2, 0.25) is 0 Å². The summed E-state index contributed by atoms with van der Waals surface area (Å²) < 4.78 is 38.0. The molecule has 18 heavy (non-hydrogen) atoms. The van der Waals surface area contributed by atoms with Gasteiger partial charge in [0.1, 0.15) is 17.3 Å². The number of nitrogens with zero attached hydrogens (tertiary/aromatic N) is 1. The monoisotopic (exact) mass is 277 g/mol. The van der Waals surface area contributed by atoms with Crippen molar-refractivity contribution in [1.29, 1.82) is 0 Å². The van der Waals surface area contributed by atoms with E-state index in [4.69, 9.17) is 16.7 Å². The zero-order chi connectivity index (χ0) is 13.5. The average Bonchev–Trinajstić information content (AvgIpc) is 2.50. The smallest absolute Gasteiger partial charge is 0.406 e. The predicted octanol–water partition coefficient (Wildman–Crippen LogP) is 3.56. The highest BCUT2D eigenvalue weighted by Gasteiger charge is 2.31. The van der Waals surface area contributed by atoms with Gasteiger partial charge in [-0.15, -0.1) is 0 Å². The van der Waals surface area contributed by atoms with Crippen LogP contribution in [-0.2, 0) is 6.54 Å². The maximum absolute atomic E-state index is 12.4. The second kappa shape index (κ2) is 4.20. The van der Waals surface area contributed by atoms with Crippen LogP contribution in [0, 0.1) is 0 Å². The molecule has 0 spiro atoms. The molecule has 7 heteroatoms. The average molecular weight is 278 g/mol. The van der Waals surface area contributed by atoms with Crippen LogP contribution in [-0.4, -0.2) is 21.8 Å². The maximum atomic E-state index is 12.4. The lowest BCUT2D eigenvalue weighted by molar-refractivity contribution is -0.139. The molecule has 0 aliphatic heterocycles. The van der Waals surface area contributed by atoms with E-state index >= 15 is 0 Å². The van der Waals surface area contributed by atoms with Gasteiger partial charge in [0.05, 0.1) is 5.52 Å². The van der Waals surface area contributed by atoms with Crippen molar-refractivity contribution in [2.24, 2.45) is 0 Å². The van der Waals surface area contributed by atoms with E-state index in [0.29, 0.717) is 0 Å². The van der Waals surface area contributed by atoms with E-state index in [0.717, 1.165) is 4.57 Å². The Morgan fingerprint density at radius 3 is 2.50 bits per heavy atom. The number of benzene rings is 1. The van der Waals surface area contributed by atoms with Gasteiger partial charge in [0, 0.05) is 5.39 Å². The summed E-state index contributed by atoms with van der Waals surface area (Å²) in [5.41, 5.74) is -0.159. The fraction of sp³-hybridized carbons (Fsp3) is 0.182. The number of carbonyl (C=O) groups is 1. The number of para-hydroxylation sites is 1. The number of halogens is 4. The van der Waals surface area contributed by atoms with Crippen molar-refractivity contribution in [3.8, 4) is 0 Å². The molecule has 0 aliphatic rings. The Balaban J connectivity index is 2.73. The van der Waals surface area contributed by atoms with Crippen LogP contribution in [0.5, 0.6) is 0 Å². The highest BCUT2D eigenvalue weighted by molar-refractivity contribution is 6.35. The highest BCUT2D eigenvalue weighted by Crippen LogP contribution is 2.32. The lowest BCUT2D eigenvalue weighted by Crippen LogP contribution is -2.17. The van der Waals surface area contributed by atoms with Crippen molar-refractivity contribution in [1.82, 2.24) is 4.57 Å². The van der Waals surface area contributed by atoms with Crippen molar-refractivity contribution in [3.63, 3.8) is 0 Å². The maximum Gasteiger partial charge on any atom is 0.406 e. The normalized spacial score (nSPS) is 12.0. The Bertz CT molecular complexity index is 619. The van der Waals surface area contributed by atoms with Gasteiger partial charge in [0.15, 0.2) is 0 Å². The third-order valence-electron chi connectivity index (χ3n) is 2.46. The fourth-order valence-corrected chi connectivity index (χ4v) is 2.14. The van der Waals surface area contributed by atoms with Crippen LogP contribution in [0.1, 0.15) is 10.4 Å². The van der Waals surface area contributed by atoms with E-state index < -0.39 is 23.8 Å². The molecule has 96 valence electrons. The number of fused-ring (bicyclic) bond motifs is 1. The first-order valence-electron chi connectivity index (χ1n) is 4.88. The molecular weight excluding hydrogens is 271 g/mol. The van der Waals surface area contributed by atoms with Crippen LogP contribution in [0.2, 0.25) is 5.15 Å². The molecule has 0 saturated carbocycles. The van der Waals surface area contributed by atoms with Crippen LogP contribution in [0.3, 0.4) is 0 Å². The predicted molar refractivity (Wildman–Crippen MR) is 60.0 cm³/mol. The molecule has 0 amide bonds. The fourth-order valence-electron chi connectivity index (χ4n) is 1.81. The Hall–Kier alpha value is -1.69. The SMILES string of the molecule is O=C(O)c1c(Cl)n(CC(F)(F)F)c2ccccc12. The first-order chi connectivity index (χ1) is 8.31. The number of hydrogen-bond acceptors (Lipinski definition) is 1. The highest BCUT2D eigenvalue weighted by atomic mass is 35.5. The third kappa shape index (κ3) is 2.15. The van der Waals surface area contributed by atoms with Crippen molar-refractivity contribution >= 4 is 28.5 Å². The van der Waals surface area contributed by atoms with E-state index in [-0.39, 0.29) is 16.5 Å². The number of carboxylic acids is 1. The van der Waals surface area contributed by atoms with Crippen molar-refractivity contribution < 1.29 is 23.1 Å². The van der Waals surface area contributed by atoms with E-state index in [2.05, 4.69) is 0 Å². The van der Waals surface area contributed by atoms with E-state index in [1.54, 1.807) is 6.07 Å². The molecule has 0 fully saturated rings. The number of carboxylic acid groups (broad SMARTS) is 1. The van der Waals surface area contributed by atoms with Gasteiger partial charge in [-0.2, -0.15) is 13.2 Å². The van der Waals surface area contributed by atoms with Gasteiger partial charge in [-0.1, -0.05) is 29.8 Å². The molecule has 1 aromatic carbocycles. The molecular formula is C11H7ClF3NO2. The van der Waals surface area contributed by atoms with Crippen molar-refractivity contribution in [3.05, 3.63) is 35.0 Å². The number of aromatic nitrogens is 1. The zero-order valence-electron chi connectivity index (χ0n) is 8.83. The minimum Gasteiger partial charge on any atom is -0.478 e. The molecule has 3 nitrogen and oxygen atoms in total. The number of alkyl halides is 3. The summed E-state index contributed by atoms with van der Waals surface area (Å²) in [6, 6.07) is 5.90. The number of aromatic carboxylic acids is 1. The van der Waals surface area contributed by atoms with E-state index in [1.165, 1.54) is 18.2 Å². The molecule has 0 atom stereocenters. The summed E-state index contributed by atoms with van der Waals surface area (Å²) in [4.78, 5) is 11.0. The molecule has 0 unspecified atom stereocenters. The summed E-state index contributed by atoms with van der Waals surface area (Å²) in [7, 11) is 0.